The SMILES string of the molecule is CCN(CCBr)C(=O)c1ccccc1C. The second-order valence-corrected chi connectivity index (χ2v) is 4.18. The van der Waals surface area contributed by atoms with Gasteiger partial charge in [-0.15, -0.1) is 0 Å². The summed E-state index contributed by atoms with van der Waals surface area (Å²) >= 11 is 3.36. The Balaban J connectivity index is 2.88. The number of hydrogen-bond acceptors (Lipinski definition) is 1. The van der Waals surface area contributed by atoms with E-state index in [1.807, 2.05) is 43.0 Å². The van der Waals surface area contributed by atoms with Crippen molar-refractivity contribution in [2.24, 2.45) is 0 Å². The number of aryl methyl sites for hydroxylation is 1. The molecule has 0 fully saturated rings. The molecule has 0 heterocycles. The Morgan fingerprint density at radius 3 is 2.60 bits per heavy atom. The first-order chi connectivity index (χ1) is 7.20. The fraction of sp³-hybridized carbons (Fsp3) is 0.417. The van der Waals surface area contributed by atoms with Gasteiger partial charge in [-0.1, -0.05) is 34.1 Å². The molecule has 0 saturated heterocycles. The molecule has 0 spiro atoms. The second-order valence-electron chi connectivity index (χ2n) is 3.39. The van der Waals surface area contributed by atoms with Gasteiger partial charge in [-0.3, -0.25) is 4.79 Å². The Bertz CT molecular complexity index is 338. The number of alkyl halides is 1. The van der Waals surface area contributed by atoms with Crippen LogP contribution in [-0.2, 0) is 0 Å². The van der Waals surface area contributed by atoms with Crippen molar-refractivity contribution in [1.29, 1.82) is 0 Å². The third kappa shape index (κ3) is 3.06. The summed E-state index contributed by atoms with van der Waals surface area (Å²) in [6.07, 6.45) is 0. The molecule has 82 valence electrons. The Labute approximate surface area is 99.4 Å². The van der Waals surface area contributed by atoms with Gasteiger partial charge in [0.1, 0.15) is 0 Å². The zero-order chi connectivity index (χ0) is 11.3. The number of nitrogens with zero attached hydrogens (tertiary/aromatic N) is 1. The topological polar surface area (TPSA) is 20.3 Å². The monoisotopic (exact) mass is 269 g/mol. The van der Waals surface area contributed by atoms with Crippen LogP contribution in [0.25, 0.3) is 0 Å². The molecular formula is C12H16BrNO. The number of carbonyl (C=O) groups is 1. The maximum absolute atomic E-state index is 12.1. The molecule has 0 radical (unpaired) electrons. The van der Waals surface area contributed by atoms with Crippen LogP contribution >= 0.6 is 15.9 Å². The van der Waals surface area contributed by atoms with E-state index in [4.69, 9.17) is 0 Å². The first kappa shape index (κ1) is 12.2. The predicted molar refractivity (Wildman–Crippen MR) is 66.6 cm³/mol. The van der Waals surface area contributed by atoms with Gasteiger partial charge in [0.25, 0.3) is 5.91 Å². The van der Waals surface area contributed by atoms with Crippen molar-refractivity contribution in [3.8, 4) is 0 Å². The van der Waals surface area contributed by atoms with Gasteiger partial charge in [0.2, 0.25) is 0 Å². The van der Waals surface area contributed by atoms with E-state index in [1.165, 1.54) is 0 Å². The van der Waals surface area contributed by atoms with Crippen molar-refractivity contribution >= 4 is 21.8 Å². The third-order valence-electron chi connectivity index (χ3n) is 2.40. The molecule has 1 amide bonds. The summed E-state index contributed by atoms with van der Waals surface area (Å²) in [6.45, 7) is 5.47. The van der Waals surface area contributed by atoms with Crippen molar-refractivity contribution in [3.63, 3.8) is 0 Å². The molecule has 3 heteroatoms. The van der Waals surface area contributed by atoms with Gasteiger partial charge in [-0.05, 0) is 25.5 Å². The van der Waals surface area contributed by atoms with Crippen molar-refractivity contribution in [1.82, 2.24) is 4.90 Å². The summed E-state index contributed by atoms with van der Waals surface area (Å²) in [5.41, 5.74) is 1.84. The van der Waals surface area contributed by atoms with Crippen LogP contribution in [0.5, 0.6) is 0 Å². The van der Waals surface area contributed by atoms with E-state index in [-0.39, 0.29) is 5.91 Å². The average Bonchev–Trinajstić information content (AvgIpc) is 2.25. The third-order valence-corrected chi connectivity index (χ3v) is 2.75. The summed E-state index contributed by atoms with van der Waals surface area (Å²) in [7, 11) is 0. The molecule has 2 nitrogen and oxygen atoms in total. The number of amides is 1. The summed E-state index contributed by atoms with van der Waals surface area (Å²) in [5, 5.41) is 0.818. The van der Waals surface area contributed by atoms with Gasteiger partial charge in [-0.25, -0.2) is 0 Å². The first-order valence-electron chi connectivity index (χ1n) is 5.11. The highest BCUT2D eigenvalue weighted by molar-refractivity contribution is 9.09. The van der Waals surface area contributed by atoms with Gasteiger partial charge >= 0.3 is 0 Å². The number of benzene rings is 1. The first-order valence-corrected chi connectivity index (χ1v) is 6.23. The molecule has 1 rings (SSSR count). The summed E-state index contributed by atoms with van der Waals surface area (Å²) in [4.78, 5) is 13.9. The number of carbonyl (C=O) groups excluding carboxylic acids is 1. The van der Waals surface area contributed by atoms with Gasteiger partial charge in [-0.2, -0.15) is 0 Å². The van der Waals surface area contributed by atoms with Crippen molar-refractivity contribution in [2.75, 3.05) is 18.4 Å². The molecule has 0 unspecified atom stereocenters. The highest BCUT2D eigenvalue weighted by atomic mass is 79.9. The lowest BCUT2D eigenvalue weighted by Gasteiger charge is -2.20. The smallest absolute Gasteiger partial charge is 0.254 e. The molecule has 0 atom stereocenters. The minimum atomic E-state index is 0.120. The van der Waals surface area contributed by atoms with Crippen LogP contribution in [0.1, 0.15) is 22.8 Å². The molecule has 0 N–H and O–H groups in total. The zero-order valence-corrected chi connectivity index (χ0v) is 10.8. The highest BCUT2D eigenvalue weighted by Crippen LogP contribution is 2.10. The maximum Gasteiger partial charge on any atom is 0.254 e. The lowest BCUT2D eigenvalue weighted by atomic mass is 10.1. The van der Waals surface area contributed by atoms with E-state index < -0.39 is 0 Å². The Morgan fingerprint density at radius 1 is 1.40 bits per heavy atom. The van der Waals surface area contributed by atoms with Crippen LogP contribution in [0, 0.1) is 6.92 Å². The Kier molecular flexibility index (Phi) is 4.82. The average molecular weight is 270 g/mol. The minimum Gasteiger partial charge on any atom is -0.338 e. The van der Waals surface area contributed by atoms with E-state index in [1.54, 1.807) is 0 Å². The maximum atomic E-state index is 12.1. The normalized spacial score (nSPS) is 10.1. The zero-order valence-electron chi connectivity index (χ0n) is 9.16. The van der Waals surface area contributed by atoms with Gasteiger partial charge in [0.15, 0.2) is 0 Å². The van der Waals surface area contributed by atoms with Crippen LogP contribution in [0.15, 0.2) is 24.3 Å². The second kappa shape index (κ2) is 5.91. The molecule has 0 aliphatic rings. The van der Waals surface area contributed by atoms with Crippen molar-refractivity contribution in [3.05, 3.63) is 35.4 Å². The van der Waals surface area contributed by atoms with E-state index >= 15 is 0 Å². The molecule has 0 bridgehead atoms. The number of hydrogen-bond donors (Lipinski definition) is 0. The van der Waals surface area contributed by atoms with Gasteiger partial charge in [0, 0.05) is 24.0 Å². The molecule has 0 aromatic heterocycles. The number of halogens is 1. The number of rotatable bonds is 4. The van der Waals surface area contributed by atoms with E-state index in [0.717, 1.165) is 29.5 Å². The quantitative estimate of drug-likeness (QED) is 0.770. The van der Waals surface area contributed by atoms with Crippen molar-refractivity contribution in [2.45, 2.75) is 13.8 Å². The van der Waals surface area contributed by atoms with Crippen LogP contribution in [-0.4, -0.2) is 29.2 Å². The highest BCUT2D eigenvalue weighted by Gasteiger charge is 2.14. The lowest BCUT2D eigenvalue weighted by Crippen LogP contribution is -2.32. The van der Waals surface area contributed by atoms with Gasteiger partial charge in [0.05, 0.1) is 0 Å². The molecule has 0 aliphatic heterocycles. The minimum absolute atomic E-state index is 0.120. The Hall–Kier alpha value is -0.830. The molecule has 0 aliphatic carbocycles. The van der Waals surface area contributed by atoms with Crippen molar-refractivity contribution < 1.29 is 4.79 Å². The van der Waals surface area contributed by atoms with Crippen LogP contribution in [0.3, 0.4) is 0 Å². The van der Waals surface area contributed by atoms with Gasteiger partial charge < -0.3 is 4.90 Å². The fourth-order valence-corrected chi connectivity index (χ4v) is 1.92. The summed E-state index contributed by atoms with van der Waals surface area (Å²) in [5.74, 6) is 0.120. The van der Waals surface area contributed by atoms with E-state index in [9.17, 15) is 4.79 Å². The van der Waals surface area contributed by atoms with E-state index in [0.29, 0.717) is 0 Å². The van der Waals surface area contributed by atoms with Crippen LogP contribution in [0.4, 0.5) is 0 Å². The predicted octanol–water partition coefficient (Wildman–Crippen LogP) is 2.85. The molecule has 0 saturated carbocycles. The summed E-state index contributed by atoms with van der Waals surface area (Å²) in [6, 6.07) is 7.71. The van der Waals surface area contributed by atoms with E-state index in [2.05, 4.69) is 15.9 Å². The fourth-order valence-electron chi connectivity index (χ4n) is 1.49. The molecular weight excluding hydrogens is 254 g/mol. The van der Waals surface area contributed by atoms with Crippen LogP contribution < -0.4 is 0 Å². The molecule has 15 heavy (non-hydrogen) atoms. The van der Waals surface area contributed by atoms with Crippen LogP contribution in [0.2, 0.25) is 0 Å². The largest absolute Gasteiger partial charge is 0.338 e. The summed E-state index contributed by atoms with van der Waals surface area (Å²) < 4.78 is 0. The molecule has 1 aromatic carbocycles. The lowest BCUT2D eigenvalue weighted by molar-refractivity contribution is 0.0774. The Morgan fingerprint density at radius 2 is 2.07 bits per heavy atom. The standard InChI is InChI=1S/C12H16BrNO/c1-3-14(9-8-13)12(15)11-7-5-4-6-10(11)2/h4-7H,3,8-9H2,1-2H3. The molecule has 1 aromatic rings.